The minimum atomic E-state index is -0.573. The number of nitrogens with one attached hydrogen (secondary N) is 2. The molecule has 3 heterocycles. The largest absolute Gasteiger partial charge is 0.361 e. The van der Waals surface area contributed by atoms with Gasteiger partial charge in [0, 0.05) is 30.4 Å². The van der Waals surface area contributed by atoms with Crippen molar-refractivity contribution in [2.75, 3.05) is 0 Å². The molecular formula is C23H20FN5O3. The summed E-state index contributed by atoms with van der Waals surface area (Å²) in [5.74, 6) is 0.0190. The number of amides is 1. The summed E-state index contributed by atoms with van der Waals surface area (Å²) in [4.78, 5) is 36.5. The second-order valence-corrected chi connectivity index (χ2v) is 7.30. The lowest BCUT2D eigenvalue weighted by Gasteiger charge is -2.19. The van der Waals surface area contributed by atoms with E-state index in [1.165, 1.54) is 18.2 Å². The number of aromatic nitrogens is 4. The molecule has 0 aliphatic carbocycles. The Balaban J connectivity index is 1.68. The highest BCUT2D eigenvalue weighted by molar-refractivity contribution is 5.96. The fourth-order valence-corrected chi connectivity index (χ4v) is 3.45. The number of benzene rings is 1. The number of pyridine rings is 1. The van der Waals surface area contributed by atoms with Crippen LogP contribution in [0.25, 0.3) is 11.4 Å². The first-order valence-electron chi connectivity index (χ1n) is 9.90. The molecule has 0 bridgehead atoms. The van der Waals surface area contributed by atoms with Gasteiger partial charge in [0.2, 0.25) is 0 Å². The van der Waals surface area contributed by atoms with Crippen LogP contribution in [0.15, 0.2) is 64.2 Å². The molecule has 9 heteroatoms. The van der Waals surface area contributed by atoms with Crippen LogP contribution in [0.3, 0.4) is 0 Å². The van der Waals surface area contributed by atoms with E-state index in [4.69, 9.17) is 4.52 Å². The van der Waals surface area contributed by atoms with Gasteiger partial charge in [0.05, 0.1) is 17.4 Å². The summed E-state index contributed by atoms with van der Waals surface area (Å²) < 4.78 is 18.6. The molecule has 0 unspecified atom stereocenters. The van der Waals surface area contributed by atoms with E-state index in [0.717, 1.165) is 0 Å². The predicted molar refractivity (Wildman–Crippen MR) is 114 cm³/mol. The van der Waals surface area contributed by atoms with E-state index in [1.807, 2.05) is 0 Å². The first kappa shape index (κ1) is 21.1. The number of halogens is 1. The van der Waals surface area contributed by atoms with Gasteiger partial charge in [-0.15, -0.1) is 0 Å². The van der Waals surface area contributed by atoms with Crippen LogP contribution < -0.4 is 10.9 Å². The summed E-state index contributed by atoms with van der Waals surface area (Å²) in [6, 6.07) is 10.1. The monoisotopic (exact) mass is 433 g/mol. The topological polar surface area (TPSA) is 114 Å². The number of carbonyl (C=O) groups excluding carboxylic acids is 1. The fraction of sp³-hybridized carbons (Fsp3) is 0.174. The number of hydrogen-bond acceptors (Lipinski definition) is 6. The van der Waals surface area contributed by atoms with Gasteiger partial charge in [-0.05, 0) is 43.7 Å². The van der Waals surface area contributed by atoms with Crippen molar-refractivity contribution in [1.29, 1.82) is 0 Å². The average molecular weight is 433 g/mol. The maximum atomic E-state index is 13.5. The Morgan fingerprint density at radius 1 is 1.16 bits per heavy atom. The van der Waals surface area contributed by atoms with Crippen LogP contribution in [0.4, 0.5) is 4.39 Å². The second-order valence-electron chi connectivity index (χ2n) is 7.30. The van der Waals surface area contributed by atoms with E-state index in [9.17, 15) is 14.0 Å². The van der Waals surface area contributed by atoms with Gasteiger partial charge in [0.15, 0.2) is 0 Å². The van der Waals surface area contributed by atoms with Crippen LogP contribution in [0.2, 0.25) is 0 Å². The Kier molecular flexibility index (Phi) is 5.89. The van der Waals surface area contributed by atoms with Crippen molar-refractivity contribution in [1.82, 2.24) is 25.4 Å². The Bertz CT molecular complexity index is 1280. The lowest BCUT2D eigenvalue weighted by molar-refractivity contribution is 0.0934. The molecule has 0 aliphatic heterocycles. The molecule has 4 rings (SSSR count). The molecule has 8 nitrogen and oxygen atoms in total. The molecule has 2 N–H and O–H groups in total. The van der Waals surface area contributed by atoms with Gasteiger partial charge in [-0.3, -0.25) is 14.6 Å². The average Bonchev–Trinajstić information content (AvgIpc) is 3.12. The number of aromatic amines is 1. The number of carbonyl (C=O) groups is 1. The van der Waals surface area contributed by atoms with E-state index in [-0.39, 0.29) is 23.7 Å². The summed E-state index contributed by atoms with van der Waals surface area (Å²) in [7, 11) is 0. The number of aryl methyl sites for hydroxylation is 2. The van der Waals surface area contributed by atoms with Gasteiger partial charge in [0.1, 0.15) is 23.0 Å². The third-order valence-electron chi connectivity index (χ3n) is 5.00. The lowest BCUT2D eigenvalue weighted by atomic mass is 10.0. The highest BCUT2D eigenvalue weighted by Crippen LogP contribution is 2.21. The standard InChI is InChI=1S/C23H20FN5O3/c1-13-21(14(2)32-29-13)23(31)27-19(15-3-5-17(24)6-4-15)11-18-12-20(30)28-22(26-18)16-7-9-25-10-8-16/h3-10,12,19H,11H2,1-2H3,(H,27,31)(H,26,28,30)/t19-/m0/s1. The molecular weight excluding hydrogens is 413 g/mol. The van der Waals surface area contributed by atoms with Crippen molar-refractivity contribution in [3.05, 3.63) is 99.3 Å². The summed E-state index contributed by atoms with van der Waals surface area (Å²) in [6.07, 6.45) is 3.42. The highest BCUT2D eigenvalue weighted by atomic mass is 19.1. The van der Waals surface area contributed by atoms with Crippen molar-refractivity contribution in [3.8, 4) is 11.4 Å². The Morgan fingerprint density at radius 2 is 1.88 bits per heavy atom. The smallest absolute Gasteiger partial charge is 0.257 e. The Hall–Kier alpha value is -4.14. The van der Waals surface area contributed by atoms with Crippen LogP contribution in [-0.2, 0) is 6.42 Å². The van der Waals surface area contributed by atoms with Crippen LogP contribution in [0.5, 0.6) is 0 Å². The molecule has 0 radical (unpaired) electrons. The van der Waals surface area contributed by atoms with Gasteiger partial charge in [-0.1, -0.05) is 17.3 Å². The summed E-state index contributed by atoms with van der Waals surface area (Å²) in [5.41, 5.74) is 2.32. The van der Waals surface area contributed by atoms with E-state index >= 15 is 0 Å². The molecule has 0 saturated carbocycles. The van der Waals surface area contributed by atoms with Crippen molar-refractivity contribution < 1.29 is 13.7 Å². The zero-order valence-corrected chi connectivity index (χ0v) is 17.4. The summed E-state index contributed by atoms with van der Waals surface area (Å²) in [6.45, 7) is 3.33. The van der Waals surface area contributed by atoms with Crippen molar-refractivity contribution in [2.24, 2.45) is 0 Å². The molecule has 1 aromatic carbocycles. The fourth-order valence-electron chi connectivity index (χ4n) is 3.45. The minimum Gasteiger partial charge on any atom is -0.361 e. The van der Waals surface area contributed by atoms with Crippen LogP contribution in [-0.4, -0.2) is 26.0 Å². The molecule has 4 aromatic rings. The highest BCUT2D eigenvalue weighted by Gasteiger charge is 2.23. The van der Waals surface area contributed by atoms with Gasteiger partial charge >= 0.3 is 0 Å². The number of H-pyrrole nitrogens is 1. The minimum absolute atomic E-state index is 0.211. The van der Waals surface area contributed by atoms with Gasteiger partial charge < -0.3 is 14.8 Å². The molecule has 1 amide bonds. The predicted octanol–water partition coefficient (Wildman–Crippen LogP) is 3.29. The van der Waals surface area contributed by atoms with Gasteiger partial charge in [-0.2, -0.15) is 0 Å². The van der Waals surface area contributed by atoms with Crippen LogP contribution >= 0.6 is 0 Å². The Labute approximate surface area is 182 Å². The zero-order valence-electron chi connectivity index (χ0n) is 17.4. The van der Waals surface area contributed by atoms with E-state index < -0.39 is 6.04 Å². The normalized spacial score (nSPS) is 11.8. The van der Waals surface area contributed by atoms with Gasteiger partial charge in [-0.25, -0.2) is 9.37 Å². The zero-order chi connectivity index (χ0) is 22.7. The van der Waals surface area contributed by atoms with E-state index in [2.05, 4.69) is 25.4 Å². The first-order valence-corrected chi connectivity index (χ1v) is 9.90. The molecule has 162 valence electrons. The molecule has 0 aliphatic rings. The van der Waals surface area contributed by atoms with Crippen molar-refractivity contribution >= 4 is 5.91 Å². The van der Waals surface area contributed by atoms with Gasteiger partial charge in [0.25, 0.3) is 11.5 Å². The third-order valence-corrected chi connectivity index (χ3v) is 5.00. The quantitative estimate of drug-likeness (QED) is 0.482. The lowest BCUT2D eigenvalue weighted by Crippen LogP contribution is -2.31. The SMILES string of the molecule is Cc1noc(C)c1C(=O)N[C@@H](Cc1cc(=O)[nH]c(-c2ccncc2)n1)c1ccc(F)cc1. The molecule has 3 aromatic heterocycles. The molecule has 1 atom stereocenters. The van der Waals surface area contributed by atoms with Crippen LogP contribution in [0, 0.1) is 19.7 Å². The summed E-state index contributed by atoms with van der Waals surface area (Å²) >= 11 is 0. The maximum absolute atomic E-state index is 13.5. The van der Waals surface area contributed by atoms with E-state index in [1.54, 1.807) is 50.5 Å². The molecule has 0 fully saturated rings. The number of nitrogens with zero attached hydrogens (tertiary/aromatic N) is 3. The maximum Gasteiger partial charge on any atom is 0.257 e. The molecule has 32 heavy (non-hydrogen) atoms. The first-order chi connectivity index (χ1) is 15.4. The van der Waals surface area contributed by atoms with Crippen molar-refractivity contribution in [2.45, 2.75) is 26.3 Å². The Morgan fingerprint density at radius 3 is 2.53 bits per heavy atom. The third kappa shape index (κ3) is 4.61. The van der Waals surface area contributed by atoms with Crippen molar-refractivity contribution in [3.63, 3.8) is 0 Å². The number of hydrogen-bond donors (Lipinski definition) is 2. The summed E-state index contributed by atoms with van der Waals surface area (Å²) in [5, 5.41) is 6.76. The molecule has 0 spiro atoms. The second kappa shape index (κ2) is 8.93. The molecule has 0 saturated heterocycles. The van der Waals surface area contributed by atoms with Crippen LogP contribution in [0.1, 0.15) is 39.1 Å². The van der Waals surface area contributed by atoms with E-state index in [0.29, 0.717) is 39.7 Å². The number of rotatable bonds is 6.